The van der Waals surface area contributed by atoms with Crippen LogP contribution in [0.25, 0.3) is 11.2 Å². The van der Waals surface area contributed by atoms with E-state index in [1.807, 2.05) is 12.3 Å². The number of aromatic amines is 1. The average molecular weight is 250 g/mol. The van der Waals surface area contributed by atoms with Gasteiger partial charge in [0.15, 0.2) is 10.4 Å². The molecule has 4 nitrogen and oxygen atoms in total. The van der Waals surface area contributed by atoms with Crippen LogP contribution in [-0.2, 0) is 6.54 Å². The molecule has 0 saturated heterocycles. The van der Waals surface area contributed by atoms with Crippen molar-refractivity contribution in [1.29, 1.82) is 0 Å². The summed E-state index contributed by atoms with van der Waals surface area (Å²) in [5, 5.41) is 0. The Balaban J connectivity index is 2.51. The van der Waals surface area contributed by atoms with Crippen molar-refractivity contribution in [3.63, 3.8) is 0 Å². The Morgan fingerprint density at radius 1 is 1.53 bits per heavy atom. The lowest BCUT2D eigenvalue weighted by Gasteiger charge is -2.20. The highest BCUT2D eigenvalue weighted by atomic mass is 32.1. The van der Waals surface area contributed by atoms with Gasteiger partial charge in [0.25, 0.3) is 0 Å². The molecule has 0 aliphatic heterocycles. The lowest BCUT2D eigenvalue weighted by atomic mass is 10.2. The minimum absolute atomic E-state index is 0.419. The molecule has 0 saturated carbocycles. The first-order chi connectivity index (χ1) is 8.00. The molecule has 92 valence electrons. The number of hydrogen-bond donors (Lipinski definition) is 1. The predicted octanol–water partition coefficient (Wildman–Crippen LogP) is 2.35. The van der Waals surface area contributed by atoms with E-state index in [2.05, 4.69) is 47.4 Å². The van der Waals surface area contributed by atoms with Crippen molar-refractivity contribution in [2.24, 2.45) is 0 Å². The zero-order chi connectivity index (χ0) is 12.6. The molecule has 1 unspecified atom stereocenters. The van der Waals surface area contributed by atoms with Crippen LogP contribution in [0.5, 0.6) is 0 Å². The highest BCUT2D eigenvalue weighted by Gasteiger charge is 2.11. The lowest BCUT2D eigenvalue weighted by Crippen LogP contribution is -2.29. The van der Waals surface area contributed by atoms with Gasteiger partial charge < -0.3 is 9.88 Å². The third-order valence-corrected chi connectivity index (χ3v) is 3.52. The average Bonchev–Trinajstić information content (AvgIpc) is 2.58. The van der Waals surface area contributed by atoms with E-state index < -0.39 is 0 Å². The number of nitrogens with one attached hydrogen (secondary N) is 1. The van der Waals surface area contributed by atoms with Gasteiger partial charge in [-0.2, -0.15) is 0 Å². The molecule has 5 heteroatoms. The number of likely N-dealkylation sites (N-methyl/N-ethyl adjacent to an activating group) is 1. The largest absolute Gasteiger partial charge is 0.329 e. The first-order valence-electron chi connectivity index (χ1n) is 5.71. The minimum atomic E-state index is 0.419. The second kappa shape index (κ2) is 4.58. The summed E-state index contributed by atoms with van der Waals surface area (Å²) in [5.41, 5.74) is 3.17. The van der Waals surface area contributed by atoms with Crippen LogP contribution in [-0.4, -0.2) is 39.6 Å². The number of H-pyrrole nitrogens is 1. The fraction of sp³-hybridized carbons (Fsp3) is 0.500. The van der Waals surface area contributed by atoms with Crippen LogP contribution in [0.15, 0.2) is 12.3 Å². The molecule has 0 aromatic carbocycles. The van der Waals surface area contributed by atoms with Gasteiger partial charge in [0.1, 0.15) is 0 Å². The predicted molar refractivity (Wildman–Crippen MR) is 72.8 cm³/mol. The standard InChI is InChI=1S/C12H18N4S/c1-8-5-6-13-11-10(8)14-12(17)16(11)7-9(2)15(3)4/h5-6,9H,7H2,1-4H3,(H,14,17). The second-order valence-corrected chi connectivity index (χ2v) is 5.07. The van der Waals surface area contributed by atoms with Crippen LogP contribution in [0, 0.1) is 11.7 Å². The van der Waals surface area contributed by atoms with Gasteiger partial charge in [-0.1, -0.05) is 0 Å². The molecule has 2 rings (SSSR count). The summed E-state index contributed by atoms with van der Waals surface area (Å²) in [7, 11) is 4.14. The highest BCUT2D eigenvalue weighted by Crippen LogP contribution is 2.16. The molecular weight excluding hydrogens is 232 g/mol. The smallest absolute Gasteiger partial charge is 0.179 e. The van der Waals surface area contributed by atoms with Crippen molar-refractivity contribution >= 4 is 23.4 Å². The Morgan fingerprint density at radius 2 is 2.24 bits per heavy atom. The zero-order valence-electron chi connectivity index (χ0n) is 10.7. The number of imidazole rings is 1. The first-order valence-corrected chi connectivity index (χ1v) is 6.12. The van der Waals surface area contributed by atoms with Crippen molar-refractivity contribution in [3.05, 3.63) is 22.6 Å². The van der Waals surface area contributed by atoms with Crippen LogP contribution in [0.1, 0.15) is 12.5 Å². The highest BCUT2D eigenvalue weighted by molar-refractivity contribution is 7.71. The number of aromatic nitrogens is 3. The van der Waals surface area contributed by atoms with Gasteiger partial charge in [-0.3, -0.25) is 4.57 Å². The van der Waals surface area contributed by atoms with Gasteiger partial charge in [-0.15, -0.1) is 0 Å². The Morgan fingerprint density at radius 3 is 2.88 bits per heavy atom. The molecule has 1 atom stereocenters. The molecule has 0 radical (unpaired) electrons. The molecule has 0 aliphatic rings. The topological polar surface area (TPSA) is 36.9 Å². The molecule has 0 bridgehead atoms. The van der Waals surface area contributed by atoms with E-state index in [1.54, 1.807) is 0 Å². The molecule has 1 N–H and O–H groups in total. The van der Waals surface area contributed by atoms with Crippen LogP contribution >= 0.6 is 12.2 Å². The fourth-order valence-electron chi connectivity index (χ4n) is 1.77. The molecule has 0 spiro atoms. The number of rotatable bonds is 3. The van der Waals surface area contributed by atoms with E-state index in [0.717, 1.165) is 22.5 Å². The molecule has 17 heavy (non-hydrogen) atoms. The van der Waals surface area contributed by atoms with Crippen molar-refractivity contribution in [3.8, 4) is 0 Å². The van der Waals surface area contributed by atoms with Crippen LogP contribution in [0.4, 0.5) is 0 Å². The Labute approximate surface area is 106 Å². The van der Waals surface area contributed by atoms with Crippen molar-refractivity contribution in [2.45, 2.75) is 26.4 Å². The summed E-state index contributed by atoms with van der Waals surface area (Å²) in [5.74, 6) is 0. The van der Waals surface area contributed by atoms with Crippen molar-refractivity contribution in [2.75, 3.05) is 14.1 Å². The van der Waals surface area contributed by atoms with Crippen molar-refractivity contribution < 1.29 is 0 Å². The zero-order valence-corrected chi connectivity index (χ0v) is 11.5. The molecule has 2 aromatic heterocycles. The number of hydrogen-bond acceptors (Lipinski definition) is 3. The van der Waals surface area contributed by atoms with Crippen molar-refractivity contribution in [1.82, 2.24) is 19.4 Å². The summed E-state index contributed by atoms with van der Waals surface area (Å²) in [6.07, 6.45) is 1.83. The van der Waals surface area contributed by atoms with Gasteiger partial charge in [-0.05, 0) is 51.8 Å². The molecule has 0 amide bonds. The second-order valence-electron chi connectivity index (χ2n) is 4.68. The Hall–Kier alpha value is -1.20. The molecule has 0 aliphatic carbocycles. The Bertz CT molecular complexity index is 582. The van der Waals surface area contributed by atoms with E-state index in [9.17, 15) is 0 Å². The summed E-state index contributed by atoms with van der Waals surface area (Å²) in [4.78, 5) is 9.84. The van der Waals surface area contributed by atoms with Gasteiger partial charge >= 0.3 is 0 Å². The normalized spacial score (nSPS) is 13.5. The first kappa shape index (κ1) is 12.3. The number of fused-ring (bicyclic) bond motifs is 1. The maximum Gasteiger partial charge on any atom is 0.179 e. The summed E-state index contributed by atoms with van der Waals surface area (Å²) in [6, 6.07) is 2.41. The maximum absolute atomic E-state index is 5.37. The summed E-state index contributed by atoms with van der Waals surface area (Å²) < 4.78 is 2.82. The van der Waals surface area contributed by atoms with E-state index in [1.165, 1.54) is 5.56 Å². The third-order valence-electron chi connectivity index (χ3n) is 3.20. The van der Waals surface area contributed by atoms with Crippen LogP contribution in [0.3, 0.4) is 0 Å². The summed E-state index contributed by atoms with van der Waals surface area (Å²) >= 11 is 5.37. The number of aryl methyl sites for hydroxylation is 1. The fourth-order valence-corrected chi connectivity index (χ4v) is 2.03. The molecule has 2 heterocycles. The van der Waals surface area contributed by atoms with Gasteiger partial charge in [0, 0.05) is 18.8 Å². The molecular formula is C12H18N4S. The van der Waals surface area contributed by atoms with E-state index in [-0.39, 0.29) is 0 Å². The van der Waals surface area contributed by atoms with Gasteiger partial charge in [0.2, 0.25) is 0 Å². The van der Waals surface area contributed by atoms with Gasteiger partial charge in [0.05, 0.1) is 5.52 Å². The maximum atomic E-state index is 5.37. The third kappa shape index (κ3) is 2.25. The van der Waals surface area contributed by atoms with E-state index in [0.29, 0.717) is 6.04 Å². The summed E-state index contributed by atoms with van der Waals surface area (Å²) in [6.45, 7) is 5.09. The minimum Gasteiger partial charge on any atom is -0.329 e. The van der Waals surface area contributed by atoms with E-state index >= 15 is 0 Å². The monoisotopic (exact) mass is 250 g/mol. The SMILES string of the molecule is Cc1ccnc2c1[nH]c(=S)n2CC(C)N(C)C. The van der Waals surface area contributed by atoms with Gasteiger partial charge in [-0.25, -0.2) is 4.98 Å². The van der Waals surface area contributed by atoms with Crippen LogP contribution in [0.2, 0.25) is 0 Å². The Kier molecular flexibility index (Phi) is 3.31. The quantitative estimate of drug-likeness (QED) is 0.850. The number of pyridine rings is 1. The lowest BCUT2D eigenvalue weighted by molar-refractivity contribution is 0.285. The van der Waals surface area contributed by atoms with E-state index in [4.69, 9.17) is 12.2 Å². The number of nitrogens with zero attached hydrogens (tertiary/aromatic N) is 3. The van der Waals surface area contributed by atoms with Crippen LogP contribution < -0.4 is 0 Å². The molecule has 0 fully saturated rings. The molecule has 2 aromatic rings.